The summed E-state index contributed by atoms with van der Waals surface area (Å²) in [6, 6.07) is 6.61. The van der Waals surface area contributed by atoms with Crippen LogP contribution in [0.5, 0.6) is 0 Å². The van der Waals surface area contributed by atoms with E-state index < -0.39 is 0 Å². The van der Waals surface area contributed by atoms with Gasteiger partial charge in [0, 0.05) is 15.5 Å². The Hall–Kier alpha value is -0.0500. The Morgan fingerprint density at radius 3 is 2.45 bits per heavy atom. The van der Waals surface area contributed by atoms with Crippen molar-refractivity contribution in [2.24, 2.45) is 17.8 Å². The molecule has 3 unspecified atom stereocenters. The van der Waals surface area contributed by atoms with Crippen LogP contribution in [0.25, 0.3) is 0 Å². The van der Waals surface area contributed by atoms with Crippen LogP contribution in [0.3, 0.4) is 0 Å². The molecule has 0 bridgehead atoms. The quantitative estimate of drug-likeness (QED) is 0.714. The van der Waals surface area contributed by atoms with Crippen molar-refractivity contribution in [2.75, 3.05) is 6.54 Å². The molecule has 1 aromatic rings. The van der Waals surface area contributed by atoms with Gasteiger partial charge in [0.15, 0.2) is 0 Å². The van der Waals surface area contributed by atoms with Crippen LogP contribution in [0.15, 0.2) is 22.7 Å². The fourth-order valence-corrected chi connectivity index (χ4v) is 4.71. The van der Waals surface area contributed by atoms with Gasteiger partial charge in [-0.3, -0.25) is 0 Å². The summed E-state index contributed by atoms with van der Waals surface area (Å²) in [5, 5.41) is 4.49. The third-order valence-corrected chi connectivity index (χ3v) is 5.33. The second-order valence-electron chi connectivity index (χ2n) is 6.38. The highest BCUT2D eigenvalue weighted by Gasteiger charge is 2.31. The Labute approximate surface area is 136 Å². The molecule has 1 saturated carbocycles. The van der Waals surface area contributed by atoms with Crippen LogP contribution in [0, 0.1) is 17.8 Å². The number of benzene rings is 1. The lowest BCUT2D eigenvalue weighted by atomic mass is 9.72. The Balaban J connectivity index is 2.25. The molecule has 0 radical (unpaired) electrons. The largest absolute Gasteiger partial charge is 0.310 e. The predicted molar refractivity (Wildman–Crippen MR) is 91.2 cm³/mol. The van der Waals surface area contributed by atoms with Crippen molar-refractivity contribution in [1.82, 2.24) is 5.32 Å². The van der Waals surface area contributed by atoms with Crippen molar-refractivity contribution < 1.29 is 0 Å². The number of rotatable bonds is 4. The average molecular weight is 359 g/mol. The molecule has 0 spiro atoms. The first kappa shape index (κ1) is 16.3. The molecule has 2 rings (SSSR count). The maximum atomic E-state index is 6.08. The summed E-state index contributed by atoms with van der Waals surface area (Å²) in [6.07, 6.45) is 4.01. The van der Waals surface area contributed by atoms with E-state index in [0.717, 1.165) is 27.9 Å². The summed E-state index contributed by atoms with van der Waals surface area (Å²) < 4.78 is 1.13. The number of hydrogen-bond acceptors (Lipinski definition) is 1. The molecule has 1 nitrogen and oxygen atoms in total. The van der Waals surface area contributed by atoms with Gasteiger partial charge in [-0.15, -0.1) is 0 Å². The van der Waals surface area contributed by atoms with Crippen LogP contribution in [0.4, 0.5) is 0 Å². The topological polar surface area (TPSA) is 12.0 Å². The molecule has 0 amide bonds. The minimum absolute atomic E-state index is 0.428. The SMILES string of the molecule is CCNC(c1ccc(Cl)cc1Br)C1CC(C)CC(C)C1. The molecule has 3 heteroatoms. The maximum absolute atomic E-state index is 6.08. The lowest BCUT2D eigenvalue weighted by Gasteiger charge is -2.37. The summed E-state index contributed by atoms with van der Waals surface area (Å²) in [6.45, 7) is 7.97. The molecule has 0 aliphatic heterocycles. The summed E-state index contributed by atoms with van der Waals surface area (Å²) >= 11 is 9.77. The maximum Gasteiger partial charge on any atom is 0.0417 e. The smallest absolute Gasteiger partial charge is 0.0417 e. The van der Waals surface area contributed by atoms with Gasteiger partial charge in [0.2, 0.25) is 0 Å². The van der Waals surface area contributed by atoms with Gasteiger partial charge in [-0.25, -0.2) is 0 Å². The molecule has 3 atom stereocenters. The van der Waals surface area contributed by atoms with Gasteiger partial charge in [-0.05, 0) is 61.3 Å². The van der Waals surface area contributed by atoms with Gasteiger partial charge < -0.3 is 5.32 Å². The van der Waals surface area contributed by atoms with Crippen LogP contribution in [0.1, 0.15) is 51.6 Å². The Kier molecular flexibility index (Phi) is 5.95. The van der Waals surface area contributed by atoms with Gasteiger partial charge in [-0.2, -0.15) is 0 Å². The molecule has 1 fully saturated rings. The molecule has 1 aliphatic carbocycles. The average Bonchev–Trinajstić information content (AvgIpc) is 2.35. The van der Waals surface area contributed by atoms with Gasteiger partial charge >= 0.3 is 0 Å². The predicted octanol–water partition coefficient (Wildman–Crippen LogP) is 5.83. The number of halogens is 2. The zero-order valence-corrected chi connectivity index (χ0v) is 15.0. The van der Waals surface area contributed by atoms with E-state index in [4.69, 9.17) is 11.6 Å². The molecule has 1 aliphatic rings. The van der Waals surface area contributed by atoms with Crippen LogP contribution in [-0.4, -0.2) is 6.54 Å². The molecule has 0 saturated heterocycles. The highest BCUT2D eigenvalue weighted by molar-refractivity contribution is 9.10. The van der Waals surface area contributed by atoms with E-state index in [1.165, 1.54) is 24.8 Å². The van der Waals surface area contributed by atoms with Crippen LogP contribution < -0.4 is 5.32 Å². The van der Waals surface area contributed by atoms with Gasteiger partial charge in [-0.1, -0.05) is 54.4 Å². The zero-order valence-electron chi connectivity index (χ0n) is 12.6. The molecule has 1 N–H and O–H groups in total. The Morgan fingerprint density at radius 2 is 1.90 bits per heavy atom. The monoisotopic (exact) mass is 357 g/mol. The normalized spacial score (nSPS) is 28.4. The van der Waals surface area contributed by atoms with E-state index >= 15 is 0 Å². The third-order valence-electron chi connectivity index (χ3n) is 4.41. The van der Waals surface area contributed by atoms with E-state index in [2.05, 4.69) is 48.1 Å². The summed E-state index contributed by atoms with van der Waals surface area (Å²) in [4.78, 5) is 0. The minimum atomic E-state index is 0.428. The van der Waals surface area contributed by atoms with Crippen LogP contribution in [-0.2, 0) is 0 Å². The van der Waals surface area contributed by atoms with E-state index in [0.29, 0.717) is 12.0 Å². The number of hydrogen-bond donors (Lipinski definition) is 1. The van der Waals surface area contributed by atoms with E-state index in [1.54, 1.807) is 0 Å². The molecular weight excluding hydrogens is 334 g/mol. The van der Waals surface area contributed by atoms with Crippen molar-refractivity contribution in [3.63, 3.8) is 0 Å². The van der Waals surface area contributed by atoms with Gasteiger partial charge in [0.1, 0.15) is 0 Å². The van der Waals surface area contributed by atoms with E-state index in [9.17, 15) is 0 Å². The van der Waals surface area contributed by atoms with Crippen LogP contribution in [0.2, 0.25) is 5.02 Å². The van der Waals surface area contributed by atoms with Gasteiger partial charge in [0.05, 0.1) is 0 Å². The molecule has 112 valence electrons. The van der Waals surface area contributed by atoms with E-state index in [-0.39, 0.29) is 0 Å². The molecular formula is C17H25BrClN. The summed E-state index contributed by atoms with van der Waals surface area (Å²) in [7, 11) is 0. The summed E-state index contributed by atoms with van der Waals surface area (Å²) in [5.74, 6) is 2.37. The Bertz CT molecular complexity index is 439. The second kappa shape index (κ2) is 7.29. The zero-order chi connectivity index (χ0) is 14.7. The van der Waals surface area contributed by atoms with Gasteiger partial charge in [0.25, 0.3) is 0 Å². The third kappa shape index (κ3) is 3.99. The standard InChI is InChI=1S/C17H25BrClN/c1-4-20-17(13-8-11(2)7-12(3)9-13)15-6-5-14(19)10-16(15)18/h5-6,10-13,17,20H,4,7-9H2,1-3H3. The lowest BCUT2D eigenvalue weighted by molar-refractivity contribution is 0.177. The van der Waals surface area contributed by atoms with Crippen molar-refractivity contribution in [1.29, 1.82) is 0 Å². The molecule has 0 aromatic heterocycles. The summed E-state index contributed by atoms with van der Waals surface area (Å²) in [5.41, 5.74) is 1.35. The highest BCUT2D eigenvalue weighted by Crippen LogP contribution is 2.41. The molecule has 20 heavy (non-hydrogen) atoms. The van der Waals surface area contributed by atoms with Crippen molar-refractivity contribution >= 4 is 27.5 Å². The molecule has 0 heterocycles. The fraction of sp³-hybridized carbons (Fsp3) is 0.647. The second-order valence-corrected chi connectivity index (χ2v) is 7.67. The molecule has 1 aromatic carbocycles. The minimum Gasteiger partial charge on any atom is -0.310 e. The van der Waals surface area contributed by atoms with Crippen molar-refractivity contribution in [2.45, 2.75) is 46.1 Å². The first-order valence-electron chi connectivity index (χ1n) is 7.69. The first-order chi connectivity index (χ1) is 9.51. The lowest BCUT2D eigenvalue weighted by Crippen LogP contribution is -2.33. The van der Waals surface area contributed by atoms with E-state index in [1.807, 2.05) is 12.1 Å². The number of nitrogens with one attached hydrogen (secondary N) is 1. The Morgan fingerprint density at radius 1 is 1.25 bits per heavy atom. The van der Waals surface area contributed by atoms with Crippen molar-refractivity contribution in [3.8, 4) is 0 Å². The first-order valence-corrected chi connectivity index (χ1v) is 8.86. The highest BCUT2D eigenvalue weighted by atomic mass is 79.9. The van der Waals surface area contributed by atoms with Crippen molar-refractivity contribution in [3.05, 3.63) is 33.3 Å². The van der Waals surface area contributed by atoms with Crippen LogP contribution >= 0.6 is 27.5 Å². The fourth-order valence-electron chi connectivity index (χ4n) is 3.79.